The number of benzene rings is 3. The van der Waals surface area contributed by atoms with Crippen LogP contribution in [0.1, 0.15) is 43.4 Å². The number of nitrogens with zero attached hydrogens (tertiary/aromatic N) is 2. The van der Waals surface area contributed by atoms with E-state index >= 15 is 0 Å². The molecule has 3 aliphatic heterocycles. The molecule has 0 radical (unpaired) electrons. The molecule has 0 aliphatic carbocycles. The zero-order valence-corrected chi connectivity index (χ0v) is 20.5. The molecule has 3 heteroatoms. The third-order valence-corrected chi connectivity index (χ3v) is 8.21. The molecule has 2 bridgehead atoms. The lowest BCUT2D eigenvalue weighted by atomic mass is 9.72. The maximum atomic E-state index is 6.90. The molecule has 4 heterocycles. The Bertz CT molecular complexity index is 1270. The first-order valence-corrected chi connectivity index (χ1v) is 13.1. The van der Waals surface area contributed by atoms with E-state index in [2.05, 4.69) is 103 Å². The summed E-state index contributed by atoms with van der Waals surface area (Å²) >= 11 is 0. The molecule has 0 N–H and O–H groups in total. The van der Waals surface area contributed by atoms with Crippen molar-refractivity contribution in [3.05, 3.63) is 102 Å². The van der Waals surface area contributed by atoms with Crippen LogP contribution in [0.2, 0.25) is 0 Å². The molecule has 1 aromatic heterocycles. The molecule has 178 valence electrons. The lowest BCUT2D eigenvalue weighted by molar-refractivity contribution is -0.0879. The minimum Gasteiger partial charge on any atom is -0.367 e. The monoisotopic (exact) mass is 462 g/mol. The molecule has 1 unspecified atom stereocenters. The second-order valence-corrected chi connectivity index (χ2v) is 10.2. The molecule has 3 aliphatic rings. The zero-order valence-electron chi connectivity index (χ0n) is 20.5. The first-order chi connectivity index (χ1) is 17.3. The van der Waals surface area contributed by atoms with Gasteiger partial charge in [-0.05, 0) is 54.5 Å². The summed E-state index contributed by atoms with van der Waals surface area (Å²) in [4.78, 5) is 7.78. The molecule has 3 aromatic carbocycles. The number of pyridine rings is 1. The van der Waals surface area contributed by atoms with E-state index in [1.807, 2.05) is 0 Å². The van der Waals surface area contributed by atoms with Gasteiger partial charge in [0.2, 0.25) is 0 Å². The number of hydrogen-bond donors (Lipinski definition) is 0. The van der Waals surface area contributed by atoms with Gasteiger partial charge in [0, 0.05) is 23.5 Å². The van der Waals surface area contributed by atoms with Crippen LogP contribution in [-0.2, 0) is 11.3 Å². The minimum atomic E-state index is 0.00572. The number of aromatic nitrogens is 1. The molecule has 4 aromatic rings. The number of rotatable bonds is 7. The highest BCUT2D eigenvalue weighted by atomic mass is 16.5. The fourth-order valence-electron chi connectivity index (χ4n) is 6.32. The van der Waals surface area contributed by atoms with Gasteiger partial charge in [-0.2, -0.15) is 0 Å². The van der Waals surface area contributed by atoms with Gasteiger partial charge >= 0.3 is 0 Å². The Hall–Kier alpha value is -3.01. The van der Waals surface area contributed by atoms with Crippen LogP contribution in [0.5, 0.6) is 0 Å². The first kappa shape index (κ1) is 22.5. The quantitative estimate of drug-likeness (QED) is 0.288. The molecule has 0 amide bonds. The normalized spacial score (nSPS) is 24.5. The van der Waals surface area contributed by atoms with Crippen LogP contribution in [0.3, 0.4) is 0 Å². The molecule has 0 saturated carbocycles. The summed E-state index contributed by atoms with van der Waals surface area (Å²) in [6.45, 7) is 5.36. The van der Waals surface area contributed by atoms with Crippen molar-refractivity contribution in [3.8, 4) is 11.3 Å². The summed E-state index contributed by atoms with van der Waals surface area (Å²) < 4.78 is 6.90. The third-order valence-electron chi connectivity index (χ3n) is 8.21. The van der Waals surface area contributed by atoms with Crippen molar-refractivity contribution in [2.24, 2.45) is 11.8 Å². The van der Waals surface area contributed by atoms with E-state index < -0.39 is 0 Å². The maximum absolute atomic E-state index is 6.90. The van der Waals surface area contributed by atoms with E-state index in [-0.39, 0.29) is 6.10 Å². The van der Waals surface area contributed by atoms with Gasteiger partial charge in [0.25, 0.3) is 0 Å². The van der Waals surface area contributed by atoms with E-state index in [1.54, 1.807) is 0 Å². The summed E-state index contributed by atoms with van der Waals surface area (Å²) in [5, 5.41) is 1.21. The molecule has 7 rings (SSSR count). The Morgan fingerprint density at radius 2 is 1.69 bits per heavy atom. The summed E-state index contributed by atoms with van der Waals surface area (Å²) in [5.41, 5.74) is 5.71. The second kappa shape index (κ2) is 9.93. The largest absolute Gasteiger partial charge is 0.367 e. The fraction of sp³-hybridized carbons (Fsp3) is 0.344. The molecular formula is C32H34N2O. The zero-order chi connectivity index (χ0) is 23.6. The third kappa shape index (κ3) is 4.51. The van der Waals surface area contributed by atoms with Gasteiger partial charge in [-0.1, -0.05) is 92.2 Å². The van der Waals surface area contributed by atoms with E-state index in [1.165, 1.54) is 48.9 Å². The van der Waals surface area contributed by atoms with Crippen molar-refractivity contribution < 1.29 is 4.74 Å². The molecular weight excluding hydrogens is 428 g/mol. The summed E-state index contributed by atoms with van der Waals surface area (Å²) in [7, 11) is 0. The lowest BCUT2D eigenvalue weighted by Gasteiger charge is -2.52. The Kier molecular flexibility index (Phi) is 6.37. The van der Waals surface area contributed by atoms with E-state index in [9.17, 15) is 0 Å². The molecule has 0 spiro atoms. The lowest BCUT2D eigenvalue weighted by Crippen LogP contribution is -2.55. The van der Waals surface area contributed by atoms with Crippen molar-refractivity contribution >= 4 is 10.9 Å². The minimum absolute atomic E-state index is 0.00572. The van der Waals surface area contributed by atoms with Gasteiger partial charge in [-0.3, -0.25) is 4.90 Å². The summed E-state index contributed by atoms with van der Waals surface area (Å²) in [6, 6.07) is 32.4. The standard InChI is InChI=1S/C32H34N2O/c1-2-24-21-34-18-17-26(24)19-31(34)32(35-22-23-11-5-3-6-12-23)28-20-30(25-13-7-4-8-14-25)33-29-16-10-9-15-27(28)29/h3-16,20,24,26,31-32H,2,17-19,21-22H2,1H3/t24-,26-,31-,32+/m0/s1. The van der Waals surface area contributed by atoms with Crippen LogP contribution in [0.4, 0.5) is 0 Å². The van der Waals surface area contributed by atoms with Crippen molar-refractivity contribution in [2.45, 2.75) is 44.9 Å². The van der Waals surface area contributed by atoms with Gasteiger partial charge in [0.05, 0.1) is 23.9 Å². The molecule has 3 fully saturated rings. The van der Waals surface area contributed by atoms with Gasteiger partial charge in [-0.15, -0.1) is 0 Å². The predicted octanol–water partition coefficient (Wildman–Crippen LogP) is 7.28. The van der Waals surface area contributed by atoms with E-state index in [0.717, 1.165) is 28.6 Å². The molecule has 3 saturated heterocycles. The smallest absolute Gasteiger partial charge is 0.0991 e. The highest BCUT2D eigenvalue weighted by molar-refractivity contribution is 5.85. The summed E-state index contributed by atoms with van der Waals surface area (Å²) in [5.74, 6) is 1.63. The van der Waals surface area contributed by atoms with Crippen LogP contribution in [0.25, 0.3) is 22.2 Å². The number of para-hydroxylation sites is 1. The van der Waals surface area contributed by atoms with Gasteiger partial charge in [0.1, 0.15) is 0 Å². The van der Waals surface area contributed by atoms with E-state index in [0.29, 0.717) is 12.6 Å². The maximum Gasteiger partial charge on any atom is 0.0991 e. The average molecular weight is 463 g/mol. The number of hydrogen-bond acceptors (Lipinski definition) is 3. The fourth-order valence-corrected chi connectivity index (χ4v) is 6.32. The first-order valence-electron chi connectivity index (χ1n) is 13.1. The average Bonchev–Trinajstić information content (AvgIpc) is 2.94. The summed E-state index contributed by atoms with van der Waals surface area (Å²) in [6.07, 6.45) is 3.83. The molecule has 35 heavy (non-hydrogen) atoms. The van der Waals surface area contributed by atoms with Gasteiger partial charge < -0.3 is 4.74 Å². The number of piperidine rings is 3. The highest BCUT2D eigenvalue weighted by Gasteiger charge is 2.43. The Balaban J connectivity index is 1.44. The van der Waals surface area contributed by atoms with E-state index in [4.69, 9.17) is 9.72 Å². The number of fused-ring (bicyclic) bond motifs is 4. The van der Waals surface area contributed by atoms with Crippen molar-refractivity contribution in [2.75, 3.05) is 13.1 Å². The Morgan fingerprint density at radius 1 is 0.943 bits per heavy atom. The van der Waals surface area contributed by atoms with Crippen molar-refractivity contribution in [1.82, 2.24) is 9.88 Å². The van der Waals surface area contributed by atoms with Gasteiger partial charge in [-0.25, -0.2) is 4.98 Å². The number of ether oxygens (including phenoxy) is 1. The van der Waals surface area contributed by atoms with Gasteiger partial charge in [0.15, 0.2) is 0 Å². The topological polar surface area (TPSA) is 25.4 Å². The van der Waals surface area contributed by atoms with Crippen LogP contribution in [0, 0.1) is 11.8 Å². The van der Waals surface area contributed by atoms with Crippen LogP contribution < -0.4 is 0 Å². The van der Waals surface area contributed by atoms with Crippen molar-refractivity contribution in [1.29, 1.82) is 0 Å². The molecule has 5 atom stereocenters. The second-order valence-electron chi connectivity index (χ2n) is 10.2. The Labute approximate surface area is 208 Å². The van der Waals surface area contributed by atoms with Crippen LogP contribution in [0.15, 0.2) is 91.0 Å². The van der Waals surface area contributed by atoms with Crippen LogP contribution in [-0.4, -0.2) is 29.0 Å². The predicted molar refractivity (Wildman–Crippen MR) is 143 cm³/mol. The Morgan fingerprint density at radius 3 is 2.43 bits per heavy atom. The highest BCUT2D eigenvalue weighted by Crippen LogP contribution is 2.44. The molecule has 3 nitrogen and oxygen atoms in total. The van der Waals surface area contributed by atoms with Crippen LogP contribution >= 0.6 is 0 Å². The SMILES string of the molecule is CC[C@H]1CN2CC[C@H]1C[C@H]2[C@H](OCc1ccccc1)c1cc(-c2ccccc2)nc2ccccc12. The van der Waals surface area contributed by atoms with Crippen molar-refractivity contribution in [3.63, 3.8) is 0 Å².